The maximum atomic E-state index is 12.5. The van der Waals surface area contributed by atoms with Gasteiger partial charge in [0.2, 0.25) is 0 Å². The van der Waals surface area contributed by atoms with E-state index in [2.05, 4.69) is 30.1 Å². The molecule has 0 saturated carbocycles. The lowest BCUT2D eigenvalue weighted by Crippen LogP contribution is -2.22. The Hall–Kier alpha value is -4.68. The molecule has 0 atom stereocenters. The van der Waals surface area contributed by atoms with Gasteiger partial charge in [-0.05, 0) is 60.7 Å². The van der Waals surface area contributed by atoms with E-state index in [9.17, 15) is 19.2 Å². The van der Waals surface area contributed by atoms with Crippen LogP contribution in [0.3, 0.4) is 0 Å². The van der Waals surface area contributed by atoms with Crippen molar-refractivity contribution in [2.75, 3.05) is 14.2 Å². The second-order valence-electron chi connectivity index (χ2n) is 8.51. The highest BCUT2D eigenvalue weighted by molar-refractivity contribution is 7.20. The molecule has 0 fully saturated rings. The molecule has 202 valence electrons. The van der Waals surface area contributed by atoms with E-state index in [1.807, 2.05) is 12.1 Å². The molecule has 0 aliphatic carbocycles. The van der Waals surface area contributed by atoms with Gasteiger partial charge in [0.15, 0.2) is 0 Å². The summed E-state index contributed by atoms with van der Waals surface area (Å²) in [5.41, 5.74) is 3.20. The Bertz CT molecular complexity index is 1570. The number of amides is 2. The quantitative estimate of drug-likeness (QED) is 0.261. The van der Waals surface area contributed by atoms with Crippen molar-refractivity contribution >= 4 is 66.9 Å². The van der Waals surface area contributed by atoms with Gasteiger partial charge in [0, 0.05) is 11.1 Å². The first-order chi connectivity index (χ1) is 19.3. The Morgan fingerprint density at radius 1 is 0.625 bits per heavy atom. The van der Waals surface area contributed by atoms with Gasteiger partial charge >= 0.3 is 11.9 Å². The highest BCUT2D eigenvalue weighted by atomic mass is 32.1. The molecular formula is C28H22N4O6S2. The number of nitrogens with zero attached hydrogens (tertiary/aromatic N) is 2. The van der Waals surface area contributed by atoms with Crippen LogP contribution in [0, 0.1) is 0 Å². The van der Waals surface area contributed by atoms with Crippen LogP contribution >= 0.6 is 22.7 Å². The second-order valence-corrected chi connectivity index (χ2v) is 10.7. The molecule has 5 rings (SSSR count). The lowest BCUT2D eigenvalue weighted by molar-refractivity contribution is 0.0592. The van der Waals surface area contributed by atoms with Gasteiger partial charge < -0.3 is 20.1 Å². The van der Waals surface area contributed by atoms with Crippen LogP contribution in [0.2, 0.25) is 0 Å². The Morgan fingerprint density at radius 3 is 1.32 bits per heavy atom. The second kappa shape index (κ2) is 11.6. The summed E-state index contributed by atoms with van der Waals surface area (Å²) in [6.07, 6.45) is 0. The van der Waals surface area contributed by atoms with Crippen molar-refractivity contribution in [1.82, 2.24) is 20.6 Å². The summed E-state index contributed by atoms with van der Waals surface area (Å²) in [5, 5.41) is 7.20. The first kappa shape index (κ1) is 26.9. The van der Waals surface area contributed by atoms with Crippen LogP contribution in [0.5, 0.6) is 0 Å². The van der Waals surface area contributed by atoms with Gasteiger partial charge in [0.1, 0.15) is 10.0 Å². The van der Waals surface area contributed by atoms with E-state index in [0.717, 1.165) is 30.4 Å². The summed E-state index contributed by atoms with van der Waals surface area (Å²) in [6, 6.07) is 16.4. The molecule has 2 aromatic heterocycles. The molecule has 0 unspecified atom stereocenters. The molecule has 3 aromatic carbocycles. The van der Waals surface area contributed by atoms with E-state index < -0.39 is 11.9 Å². The van der Waals surface area contributed by atoms with Crippen molar-refractivity contribution in [3.63, 3.8) is 0 Å². The number of rotatable bonds is 8. The van der Waals surface area contributed by atoms with Crippen LogP contribution in [-0.2, 0) is 22.6 Å². The lowest BCUT2D eigenvalue weighted by Gasteiger charge is -2.04. The minimum absolute atomic E-state index is 0.260. The normalized spacial score (nSPS) is 10.8. The highest BCUT2D eigenvalue weighted by Gasteiger charge is 2.14. The Morgan fingerprint density at radius 2 is 0.975 bits per heavy atom. The average molecular weight is 575 g/mol. The van der Waals surface area contributed by atoms with Crippen molar-refractivity contribution in [3.05, 3.63) is 92.9 Å². The van der Waals surface area contributed by atoms with Crippen molar-refractivity contribution in [2.45, 2.75) is 13.1 Å². The number of nitrogens with one attached hydrogen (secondary N) is 2. The van der Waals surface area contributed by atoms with Gasteiger partial charge in [-0.3, -0.25) is 9.59 Å². The van der Waals surface area contributed by atoms with E-state index in [1.54, 1.807) is 48.5 Å². The minimum Gasteiger partial charge on any atom is -0.465 e. The first-order valence-electron chi connectivity index (χ1n) is 12.0. The molecule has 5 aromatic rings. The van der Waals surface area contributed by atoms with Crippen LogP contribution < -0.4 is 10.6 Å². The van der Waals surface area contributed by atoms with Gasteiger partial charge in [-0.2, -0.15) is 0 Å². The maximum absolute atomic E-state index is 12.5. The number of esters is 2. The largest absolute Gasteiger partial charge is 0.465 e. The highest BCUT2D eigenvalue weighted by Crippen LogP contribution is 2.30. The molecule has 2 N–H and O–H groups in total. The smallest absolute Gasteiger partial charge is 0.337 e. The Kier molecular flexibility index (Phi) is 7.80. The van der Waals surface area contributed by atoms with E-state index in [1.165, 1.54) is 36.9 Å². The van der Waals surface area contributed by atoms with Crippen LogP contribution in [0.15, 0.2) is 60.7 Å². The number of thiazole rings is 2. The zero-order chi connectivity index (χ0) is 28.2. The number of carbonyl (C=O) groups excluding carboxylic acids is 4. The number of methoxy groups -OCH3 is 2. The number of benzene rings is 3. The van der Waals surface area contributed by atoms with E-state index in [0.29, 0.717) is 22.3 Å². The molecule has 0 aliphatic heterocycles. The van der Waals surface area contributed by atoms with Crippen LogP contribution in [0.1, 0.15) is 51.4 Å². The fourth-order valence-electron chi connectivity index (χ4n) is 3.86. The topological polar surface area (TPSA) is 137 Å². The van der Waals surface area contributed by atoms with E-state index in [4.69, 9.17) is 0 Å². The molecule has 40 heavy (non-hydrogen) atoms. The van der Waals surface area contributed by atoms with Crippen molar-refractivity contribution in [1.29, 1.82) is 0 Å². The molecule has 0 saturated heterocycles. The van der Waals surface area contributed by atoms with Gasteiger partial charge in [-0.25, -0.2) is 19.6 Å². The number of aromatic nitrogens is 2. The summed E-state index contributed by atoms with van der Waals surface area (Å²) in [5.74, 6) is -1.47. The standard InChI is InChI=1S/C28H22N4O6S2/c1-37-27(35)17-7-3-15(4-8-17)25(33)29-13-23-31-19-11-22-20(12-21(19)39-23)32-24(40-22)14-30-26(34)16-5-9-18(10-6-16)28(36)38-2/h3-12H,13-14H2,1-2H3,(H,29,33)(H,30,34). The molecular weight excluding hydrogens is 552 g/mol. The molecule has 0 bridgehead atoms. The average Bonchev–Trinajstić information content (AvgIpc) is 3.58. The SMILES string of the molecule is COC(=O)c1ccc(C(=O)NCc2nc3cc4sc(CNC(=O)c5ccc(C(=O)OC)cc5)nc4cc3s2)cc1. The first-order valence-corrected chi connectivity index (χ1v) is 13.6. The molecule has 2 amide bonds. The number of fused-ring (bicyclic) bond motifs is 2. The van der Waals surface area contributed by atoms with Crippen molar-refractivity contribution < 1.29 is 28.7 Å². The number of hydrogen-bond donors (Lipinski definition) is 2. The van der Waals surface area contributed by atoms with E-state index >= 15 is 0 Å². The van der Waals surface area contributed by atoms with Crippen LogP contribution in [0.4, 0.5) is 0 Å². The van der Waals surface area contributed by atoms with Crippen molar-refractivity contribution in [2.24, 2.45) is 0 Å². The monoisotopic (exact) mass is 574 g/mol. The third-order valence-electron chi connectivity index (χ3n) is 5.92. The molecule has 2 heterocycles. The summed E-state index contributed by atoms with van der Waals surface area (Å²) < 4.78 is 11.2. The zero-order valence-electron chi connectivity index (χ0n) is 21.3. The summed E-state index contributed by atoms with van der Waals surface area (Å²) in [6.45, 7) is 0.520. The molecule has 10 nitrogen and oxygen atoms in total. The third kappa shape index (κ3) is 5.82. The molecule has 0 radical (unpaired) electrons. The summed E-state index contributed by atoms with van der Waals surface area (Å²) in [7, 11) is 2.61. The fraction of sp³-hybridized carbons (Fsp3) is 0.143. The number of ether oxygens (including phenoxy) is 2. The minimum atomic E-state index is -0.461. The van der Waals surface area contributed by atoms with Gasteiger partial charge in [-0.15, -0.1) is 22.7 Å². The number of hydrogen-bond acceptors (Lipinski definition) is 10. The van der Waals surface area contributed by atoms with Crippen LogP contribution in [0.25, 0.3) is 20.4 Å². The third-order valence-corrected chi connectivity index (χ3v) is 7.96. The predicted molar refractivity (Wildman–Crippen MR) is 151 cm³/mol. The summed E-state index contributed by atoms with van der Waals surface area (Å²) in [4.78, 5) is 57.5. The zero-order valence-corrected chi connectivity index (χ0v) is 23.0. The van der Waals surface area contributed by atoms with Crippen LogP contribution in [-0.4, -0.2) is 47.9 Å². The Balaban J connectivity index is 1.20. The predicted octanol–water partition coefficient (Wildman–Crippen LogP) is 4.34. The lowest BCUT2D eigenvalue weighted by atomic mass is 10.1. The van der Waals surface area contributed by atoms with Gasteiger partial charge in [0.25, 0.3) is 11.8 Å². The number of carbonyl (C=O) groups is 4. The summed E-state index contributed by atoms with van der Waals surface area (Å²) >= 11 is 2.93. The molecule has 0 spiro atoms. The molecule has 0 aliphatic rings. The van der Waals surface area contributed by atoms with Gasteiger partial charge in [0.05, 0.1) is 58.9 Å². The molecule has 12 heteroatoms. The maximum Gasteiger partial charge on any atom is 0.337 e. The fourth-order valence-corrected chi connectivity index (χ4v) is 5.71. The Labute approximate surface area is 236 Å². The van der Waals surface area contributed by atoms with Crippen molar-refractivity contribution in [3.8, 4) is 0 Å². The van der Waals surface area contributed by atoms with E-state index in [-0.39, 0.29) is 24.9 Å². The van der Waals surface area contributed by atoms with Gasteiger partial charge in [-0.1, -0.05) is 0 Å².